The van der Waals surface area contributed by atoms with Crippen LogP contribution in [-0.4, -0.2) is 24.2 Å². The average molecular weight is 280 g/mol. The van der Waals surface area contributed by atoms with Crippen LogP contribution in [0, 0.1) is 0 Å². The van der Waals surface area contributed by atoms with Gasteiger partial charge < -0.3 is 4.74 Å². The van der Waals surface area contributed by atoms with E-state index in [-0.39, 0.29) is 6.10 Å². The summed E-state index contributed by atoms with van der Waals surface area (Å²) in [4.78, 5) is 0. The summed E-state index contributed by atoms with van der Waals surface area (Å²) in [6, 6.07) is 8.91. The molecule has 4 heteroatoms. The van der Waals surface area contributed by atoms with E-state index in [4.69, 9.17) is 10.6 Å². The van der Waals surface area contributed by atoms with Crippen molar-refractivity contribution in [1.82, 2.24) is 5.43 Å². The molecule has 1 aromatic carbocycles. The Morgan fingerprint density at radius 1 is 1.47 bits per heavy atom. The first-order valence-electron chi connectivity index (χ1n) is 7.08. The zero-order valence-electron chi connectivity index (χ0n) is 11.6. The number of hydrogen-bond acceptors (Lipinski definition) is 4. The van der Waals surface area contributed by atoms with E-state index >= 15 is 0 Å². The van der Waals surface area contributed by atoms with E-state index in [2.05, 4.69) is 36.6 Å². The summed E-state index contributed by atoms with van der Waals surface area (Å²) in [5, 5.41) is 0. The van der Waals surface area contributed by atoms with Gasteiger partial charge in [-0.15, -0.1) is 0 Å². The molecule has 2 unspecified atom stereocenters. The van der Waals surface area contributed by atoms with Crippen molar-refractivity contribution in [3.8, 4) is 0 Å². The molecule has 0 bridgehead atoms. The second-order valence-electron chi connectivity index (χ2n) is 4.98. The third kappa shape index (κ3) is 4.21. The van der Waals surface area contributed by atoms with Crippen LogP contribution in [-0.2, 0) is 11.2 Å². The van der Waals surface area contributed by atoms with Crippen molar-refractivity contribution < 1.29 is 4.74 Å². The highest BCUT2D eigenvalue weighted by Gasteiger charge is 2.23. The monoisotopic (exact) mass is 280 g/mol. The number of benzene rings is 1. The summed E-state index contributed by atoms with van der Waals surface area (Å²) in [7, 11) is 0. The Labute approximate surface area is 120 Å². The van der Waals surface area contributed by atoms with Crippen LogP contribution >= 0.6 is 11.8 Å². The highest BCUT2D eigenvalue weighted by atomic mass is 32.2. The van der Waals surface area contributed by atoms with Crippen LogP contribution in [0.3, 0.4) is 0 Å². The molecule has 0 aliphatic carbocycles. The number of rotatable bonds is 7. The Kier molecular flexibility index (Phi) is 6.17. The van der Waals surface area contributed by atoms with Crippen LogP contribution in [0.1, 0.15) is 37.0 Å². The Hall–Kier alpha value is -0.550. The van der Waals surface area contributed by atoms with Gasteiger partial charge >= 0.3 is 0 Å². The number of nitrogens with one attached hydrogen (secondary N) is 1. The summed E-state index contributed by atoms with van der Waals surface area (Å²) in [6.07, 6.45) is 3.38. The highest BCUT2D eigenvalue weighted by Crippen LogP contribution is 2.30. The lowest BCUT2D eigenvalue weighted by molar-refractivity contribution is 0.0310. The van der Waals surface area contributed by atoms with Crippen molar-refractivity contribution >= 4 is 11.8 Å². The van der Waals surface area contributed by atoms with Crippen molar-refractivity contribution in [3.63, 3.8) is 0 Å². The van der Waals surface area contributed by atoms with Gasteiger partial charge in [-0.2, -0.15) is 11.8 Å². The Bertz CT molecular complexity index is 386. The van der Waals surface area contributed by atoms with Gasteiger partial charge in [0.15, 0.2) is 0 Å². The summed E-state index contributed by atoms with van der Waals surface area (Å²) in [5.74, 6) is 7.92. The van der Waals surface area contributed by atoms with E-state index in [9.17, 15) is 0 Å². The molecule has 0 fully saturated rings. The zero-order chi connectivity index (χ0) is 13.5. The van der Waals surface area contributed by atoms with E-state index in [1.807, 2.05) is 11.8 Å². The van der Waals surface area contributed by atoms with Gasteiger partial charge in [0.05, 0.1) is 12.7 Å². The summed E-state index contributed by atoms with van der Waals surface area (Å²) >= 11 is 1.96. The van der Waals surface area contributed by atoms with Crippen LogP contribution in [0.15, 0.2) is 24.3 Å². The lowest BCUT2D eigenvalue weighted by Crippen LogP contribution is -2.39. The largest absolute Gasteiger partial charge is 0.373 e. The molecular weight excluding hydrogens is 256 g/mol. The molecule has 0 saturated heterocycles. The third-order valence-corrected chi connectivity index (χ3v) is 4.83. The first-order valence-corrected chi connectivity index (χ1v) is 8.24. The van der Waals surface area contributed by atoms with E-state index in [0.29, 0.717) is 6.04 Å². The molecule has 0 radical (unpaired) electrons. The molecule has 106 valence electrons. The van der Waals surface area contributed by atoms with Crippen molar-refractivity contribution in [2.45, 2.75) is 38.3 Å². The Morgan fingerprint density at radius 3 is 3.11 bits per heavy atom. The SMILES string of the molecule is CCCSCC(CC1OCCc2ccccc21)NN. The molecule has 3 nitrogen and oxygen atoms in total. The van der Waals surface area contributed by atoms with E-state index in [1.165, 1.54) is 23.3 Å². The molecule has 19 heavy (non-hydrogen) atoms. The minimum Gasteiger partial charge on any atom is -0.373 e. The molecule has 0 aromatic heterocycles. The fourth-order valence-electron chi connectivity index (χ4n) is 2.48. The smallest absolute Gasteiger partial charge is 0.0843 e. The molecule has 0 amide bonds. The van der Waals surface area contributed by atoms with Crippen molar-refractivity contribution in [1.29, 1.82) is 0 Å². The second kappa shape index (κ2) is 7.90. The van der Waals surface area contributed by atoms with Gasteiger partial charge in [-0.3, -0.25) is 11.3 Å². The standard InChI is InChI=1S/C15H24N2OS/c1-2-9-19-11-13(17-16)10-15-14-6-4-3-5-12(14)7-8-18-15/h3-6,13,15,17H,2,7-11,16H2,1H3. The van der Waals surface area contributed by atoms with Crippen LogP contribution in [0.2, 0.25) is 0 Å². The van der Waals surface area contributed by atoms with Gasteiger partial charge in [0, 0.05) is 11.8 Å². The Balaban J connectivity index is 1.94. The highest BCUT2D eigenvalue weighted by molar-refractivity contribution is 7.99. The molecule has 0 saturated carbocycles. The van der Waals surface area contributed by atoms with Gasteiger partial charge in [0.1, 0.15) is 0 Å². The summed E-state index contributed by atoms with van der Waals surface area (Å²) in [5.41, 5.74) is 5.71. The Morgan fingerprint density at radius 2 is 2.32 bits per heavy atom. The predicted octanol–water partition coefficient (Wildman–Crippen LogP) is 2.67. The first kappa shape index (κ1) is 14.9. The first-order chi connectivity index (χ1) is 9.35. The molecule has 2 rings (SSSR count). The topological polar surface area (TPSA) is 47.3 Å². The molecule has 0 spiro atoms. The minimum absolute atomic E-state index is 0.188. The maximum Gasteiger partial charge on any atom is 0.0843 e. The third-order valence-electron chi connectivity index (χ3n) is 3.49. The van der Waals surface area contributed by atoms with Gasteiger partial charge in [0.25, 0.3) is 0 Å². The van der Waals surface area contributed by atoms with E-state index in [1.54, 1.807) is 0 Å². The molecule has 1 aliphatic rings. The number of hydrazine groups is 1. The van der Waals surface area contributed by atoms with Crippen LogP contribution in [0.5, 0.6) is 0 Å². The maximum atomic E-state index is 5.94. The normalized spacial score (nSPS) is 20.0. The van der Waals surface area contributed by atoms with Crippen molar-refractivity contribution in [2.75, 3.05) is 18.1 Å². The molecule has 1 heterocycles. The summed E-state index contributed by atoms with van der Waals surface area (Å²) < 4.78 is 5.94. The number of fused-ring (bicyclic) bond motifs is 1. The lowest BCUT2D eigenvalue weighted by atomic mass is 9.94. The van der Waals surface area contributed by atoms with E-state index < -0.39 is 0 Å². The predicted molar refractivity (Wildman–Crippen MR) is 82.2 cm³/mol. The quantitative estimate of drug-likeness (QED) is 0.458. The molecule has 1 aromatic rings. The van der Waals surface area contributed by atoms with Crippen LogP contribution < -0.4 is 11.3 Å². The fraction of sp³-hybridized carbons (Fsp3) is 0.600. The van der Waals surface area contributed by atoms with Gasteiger partial charge in [-0.25, -0.2) is 0 Å². The number of hydrogen-bond donors (Lipinski definition) is 2. The number of ether oxygens (including phenoxy) is 1. The molecule has 3 N–H and O–H groups in total. The summed E-state index contributed by atoms with van der Waals surface area (Å²) in [6.45, 7) is 3.03. The second-order valence-corrected chi connectivity index (χ2v) is 6.13. The average Bonchev–Trinajstić information content (AvgIpc) is 2.46. The lowest BCUT2D eigenvalue weighted by Gasteiger charge is -2.29. The van der Waals surface area contributed by atoms with Gasteiger partial charge in [0.2, 0.25) is 0 Å². The number of thioether (sulfide) groups is 1. The minimum atomic E-state index is 0.188. The number of nitrogens with two attached hydrogens (primary N) is 1. The molecule has 1 aliphatic heterocycles. The van der Waals surface area contributed by atoms with E-state index in [0.717, 1.165) is 25.2 Å². The van der Waals surface area contributed by atoms with Gasteiger partial charge in [-0.1, -0.05) is 31.2 Å². The van der Waals surface area contributed by atoms with Crippen LogP contribution in [0.4, 0.5) is 0 Å². The van der Waals surface area contributed by atoms with Crippen molar-refractivity contribution in [3.05, 3.63) is 35.4 Å². The molecular formula is C15H24N2OS. The fourth-order valence-corrected chi connectivity index (χ4v) is 3.46. The zero-order valence-corrected chi connectivity index (χ0v) is 12.4. The van der Waals surface area contributed by atoms with Gasteiger partial charge in [-0.05, 0) is 36.1 Å². The van der Waals surface area contributed by atoms with Crippen molar-refractivity contribution in [2.24, 2.45) is 5.84 Å². The maximum absolute atomic E-state index is 5.94. The van der Waals surface area contributed by atoms with Crippen LogP contribution in [0.25, 0.3) is 0 Å². The molecule has 2 atom stereocenters.